The van der Waals surface area contributed by atoms with Crippen LogP contribution in [0.15, 0.2) is 30.3 Å². The molecule has 0 aliphatic carbocycles. The van der Waals surface area contributed by atoms with Gasteiger partial charge in [-0.25, -0.2) is 0 Å². The van der Waals surface area contributed by atoms with Crippen LogP contribution in [-0.2, 0) is 8.23 Å². The van der Waals surface area contributed by atoms with E-state index in [1.54, 1.807) is 0 Å². The molecule has 0 amide bonds. The molecule has 1 rings (SSSR count). The monoisotopic (exact) mass is 268 g/mol. The lowest BCUT2D eigenvalue weighted by atomic mass is 10.4. The smallest absolute Gasteiger partial charge is 0.348 e. The zero-order valence-electron chi connectivity index (χ0n) is 10.7. The fourth-order valence-corrected chi connectivity index (χ4v) is 10.2. The first kappa shape index (κ1) is 13.9. The van der Waals surface area contributed by atoms with Gasteiger partial charge in [-0.2, -0.15) is 0 Å². The lowest BCUT2D eigenvalue weighted by molar-refractivity contribution is 0.424. The van der Waals surface area contributed by atoms with Gasteiger partial charge in [0, 0.05) is 0 Å². The lowest BCUT2D eigenvalue weighted by Crippen LogP contribution is -2.55. The summed E-state index contributed by atoms with van der Waals surface area (Å²) in [6.45, 7) is 10.8. The Bertz CT molecular complexity index is 304. The van der Waals surface area contributed by atoms with Crippen LogP contribution in [-0.4, -0.2) is 26.6 Å². The number of benzene rings is 1. The molecule has 88 valence electrons. The summed E-state index contributed by atoms with van der Waals surface area (Å²) < 4.78 is 12.4. The zero-order chi connectivity index (χ0) is 12.2. The van der Waals surface area contributed by atoms with Crippen molar-refractivity contribution in [1.29, 1.82) is 0 Å². The third-order valence-electron chi connectivity index (χ3n) is 2.10. The van der Waals surface area contributed by atoms with Crippen molar-refractivity contribution in [2.75, 3.05) is 0 Å². The van der Waals surface area contributed by atoms with E-state index in [0.29, 0.717) is 0 Å². The van der Waals surface area contributed by atoms with Gasteiger partial charge in [0.2, 0.25) is 0 Å². The van der Waals surface area contributed by atoms with Crippen LogP contribution in [0.4, 0.5) is 0 Å². The Labute approximate surface area is 103 Å². The summed E-state index contributed by atoms with van der Waals surface area (Å²) in [7, 11) is -3.62. The third kappa shape index (κ3) is 3.99. The minimum atomic E-state index is -2.16. The Morgan fingerprint density at radius 3 is 1.69 bits per heavy atom. The second-order valence-corrected chi connectivity index (χ2v) is 12.1. The Morgan fingerprint density at radius 2 is 1.31 bits per heavy atom. The summed E-state index contributed by atoms with van der Waals surface area (Å²) in [6.07, 6.45) is 0. The van der Waals surface area contributed by atoms with E-state index in [9.17, 15) is 0 Å². The number of hydrogen-bond acceptors (Lipinski definition) is 2. The highest BCUT2D eigenvalue weighted by atomic mass is 28.5. The molecule has 0 spiro atoms. The van der Waals surface area contributed by atoms with Gasteiger partial charge in [0.15, 0.2) is 18.1 Å². The van der Waals surface area contributed by atoms with Crippen molar-refractivity contribution in [3.05, 3.63) is 30.3 Å². The first-order valence-corrected chi connectivity index (χ1v) is 12.6. The maximum absolute atomic E-state index is 6.18. The fraction of sp³-hybridized carbons (Fsp3) is 0.455. The summed E-state index contributed by atoms with van der Waals surface area (Å²) in [5.41, 5.74) is 0. The minimum absolute atomic E-state index is 0.730. The second kappa shape index (κ2) is 5.92. The van der Waals surface area contributed by atoms with Gasteiger partial charge < -0.3 is 8.23 Å². The Hall–Kier alpha value is -0.209. The van der Waals surface area contributed by atoms with Crippen molar-refractivity contribution >= 4 is 31.8 Å². The number of rotatable bonds is 5. The molecule has 0 aliphatic heterocycles. The molecule has 0 atom stereocenters. The van der Waals surface area contributed by atoms with Crippen LogP contribution in [0.1, 0.15) is 0 Å². The van der Waals surface area contributed by atoms with Crippen molar-refractivity contribution < 1.29 is 8.23 Å². The molecule has 0 bridgehead atoms. The van der Waals surface area contributed by atoms with E-state index in [2.05, 4.69) is 57.0 Å². The van der Waals surface area contributed by atoms with E-state index in [1.807, 2.05) is 6.07 Å². The SMILES string of the molecule is C[Si](C)O[Si](C)(O[Si](C)C)c1ccccc1. The molecule has 1 aromatic rings. The van der Waals surface area contributed by atoms with Crippen LogP contribution in [0.2, 0.25) is 32.7 Å². The standard InChI is InChI=1S/C11H20O2Si3/c1-14(2)12-16(5,13-15(3)4)11-9-7-6-8-10-11/h6-10H,1-5H3. The highest BCUT2D eigenvalue weighted by molar-refractivity contribution is 6.88. The van der Waals surface area contributed by atoms with E-state index in [1.165, 1.54) is 5.19 Å². The van der Waals surface area contributed by atoms with Crippen molar-refractivity contribution in [3.8, 4) is 0 Å². The van der Waals surface area contributed by atoms with Crippen LogP contribution in [0.5, 0.6) is 0 Å². The van der Waals surface area contributed by atoms with Crippen LogP contribution in [0, 0.1) is 0 Å². The molecule has 1 aromatic carbocycles. The van der Waals surface area contributed by atoms with Crippen LogP contribution >= 0.6 is 0 Å². The van der Waals surface area contributed by atoms with Gasteiger partial charge in [-0.05, 0) is 37.9 Å². The summed E-state index contributed by atoms with van der Waals surface area (Å²) >= 11 is 0. The quantitative estimate of drug-likeness (QED) is 0.764. The van der Waals surface area contributed by atoms with E-state index >= 15 is 0 Å². The van der Waals surface area contributed by atoms with Gasteiger partial charge >= 0.3 is 8.56 Å². The van der Waals surface area contributed by atoms with Crippen LogP contribution in [0.25, 0.3) is 0 Å². The first-order chi connectivity index (χ1) is 7.44. The molecule has 0 heterocycles. The third-order valence-corrected chi connectivity index (χ3v) is 9.86. The van der Waals surface area contributed by atoms with E-state index < -0.39 is 26.6 Å². The average Bonchev–Trinajstić information content (AvgIpc) is 2.16. The molecule has 0 aromatic heterocycles. The lowest BCUT2D eigenvalue weighted by Gasteiger charge is -2.31. The predicted octanol–water partition coefficient (Wildman–Crippen LogP) is 2.50. The van der Waals surface area contributed by atoms with E-state index in [-0.39, 0.29) is 0 Å². The Morgan fingerprint density at radius 1 is 0.875 bits per heavy atom. The molecule has 2 nitrogen and oxygen atoms in total. The summed E-state index contributed by atoms with van der Waals surface area (Å²) in [5, 5.41) is 1.24. The molecule has 5 heteroatoms. The van der Waals surface area contributed by atoms with E-state index in [0.717, 1.165) is 0 Å². The molecule has 0 N–H and O–H groups in total. The zero-order valence-corrected chi connectivity index (χ0v) is 13.7. The maximum Gasteiger partial charge on any atom is 0.348 e. The second-order valence-electron chi connectivity index (χ2n) is 4.33. The van der Waals surface area contributed by atoms with Crippen LogP contribution in [0.3, 0.4) is 0 Å². The number of hydrogen-bond donors (Lipinski definition) is 0. The molecule has 0 saturated heterocycles. The fourth-order valence-electron chi connectivity index (χ4n) is 1.66. The van der Waals surface area contributed by atoms with Crippen molar-refractivity contribution in [1.82, 2.24) is 0 Å². The molecule has 0 saturated carbocycles. The van der Waals surface area contributed by atoms with Gasteiger partial charge in [0.25, 0.3) is 0 Å². The summed E-state index contributed by atoms with van der Waals surface area (Å²) in [5.74, 6) is 0. The summed E-state index contributed by atoms with van der Waals surface area (Å²) in [4.78, 5) is 0. The molecule has 0 aliphatic rings. The summed E-state index contributed by atoms with van der Waals surface area (Å²) in [6, 6.07) is 10.4. The minimum Gasteiger partial charge on any atom is -0.433 e. The molecule has 2 radical (unpaired) electrons. The largest absolute Gasteiger partial charge is 0.433 e. The molecule has 0 unspecified atom stereocenters. The Balaban J connectivity index is 2.95. The average molecular weight is 269 g/mol. The predicted molar refractivity (Wildman–Crippen MR) is 74.8 cm³/mol. The Kier molecular flexibility index (Phi) is 5.13. The van der Waals surface area contributed by atoms with Crippen molar-refractivity contribution in [2.45, 2.75) is 32.7 Å². The molecular formula is C11H20O2Si3. The molecule has 0 fully saturated rings. The highest BCUT2D eigenvalue weighted by Gasteiger charge is 2.35. The van der Waals surface area contributed by atoms with Gasteiger partial charge in [-0.1, -0.05) is 30.3 Å². The molecule has 16 heavy (non-hydrogen) atoms. The van der Waals surface area contributed by atoms with Gasteiger partial charge in [0.1, 0.15) is 0 Å². The maximum atomic E-state index is 6.18. The normalized spacial score (nSPS) is 12.4. The highest BCUT2D eigenvalue weighted by Crippen LogP contribution is 2.11. The van der Waals surface area contributed by atoms with E-state index in [4.69, 9.17) is 8.23 Å². The molecular weight excluding hydrogens is 248 g/mol. The van der Waals surface area contributed by atoms with Crippen molar-refractivity contribution in [2.24, 2.45) is 0 Å². The van der Waals surface area contributed by atoms with Gasteiger partial charge in [-0.3, -0.25) is 0 Å². The van der Waals surface area contributed by atoms with Crippen molar-refractivity contribution in [3.63, 3.8) is 0 Å². The topological polar surface area (TPSA) is 18.5 Å². The first-order valence-electron chi connectivity index (χ1n) is 5.48. The van der Waals surface area contributed by atoms with Crippen LogP contribution < -0.4 is 5.19 Å². The van der Waals surface area contributed by atoms with Gasteiger partial charge in [-0.15, -0.1) is 0 Å². The van der Waals surface area contributed by atoms with Gasteiger partial charge in [0.05, 0.1) is 0 Å².